The predicted octanol–water partition coefficient (Wildman–Crippen LogP) is 0.442. The molecule has 0 spiro atoms. The molecule has 0 saturated carbocycles. The summed E-state index contributed by atoms with van der Waals surface area (Å²) in [4.78, 5) is 12.3. The van der Waals surface area contributed by atoms with Gasteiger partial charge in [0.2, 0.25) is 5.56 Å². The van der Waals surface area contributed by atoms with Gasteiger partial charge in [0.05, 0.1) is 0 Å². The second kappa shape index (κ2) is 2.87. The van der Waals surface area contributed by atoms with Gasteiger partial charge >= 0.3 is 0 Å². The number of rotatable bonds is 1. The van der Waals surface area contributed by atoms with Gasteiger partial charge in [-0.05, 0) is 6.07 Å². The maximum Gasteiger partial charge on any atom is 0.279 e. The molecular formula is C5H3ClFNO3S. The third-order valence-corrected chi connectivity index (χ3v) is 2.33. The molecule has 7 heteroatoms. The number of hydrogen-bond donors (Lipinski definition) is 1. The molecule has 4 nitrogen and oxygen atoms in total. The van der Waals surface area contributed by atoms with Gasteiger partial charge in [0, 0.05) is 16.7 Å². The lowest BCUT2D eigenvalue weighted by Crippen LogP contribution is -2.10. The van der Waals surface area contributed by atoms with Gasteiger partial charge in [-0.1, -0.05) is 0 Å². The lowest BCUT2D eigenvalue weighted by molar-refractivity contribution is 0.559. The van der Waals surface area contributed by atoms with Crippen LogP contribution in [0.25, 0.3) is 0 Å². The van der Waals surface area contributed by atoms with Crippen LogP contribution in [0.3, 0.4) is 0 Å². The van der Waals surface area contributed by atoms with Crippen LogP contribution >= 0.6 is 10.7 Å². The molecule has 1 aromatic heterocycles. The van der Waals surface area contributed by atoms with Crippen molar-refractivity contribution >= 4 is 19.7 Å². The average Bonchev–Trinajstić information content (AvgIpc) is 1.92. The van der Waals surface area contributed by atoms with Crippen molar-refractivity contribution < 1.29 is 12.8 Å². The SMILES string of the molecule is O=c1ccc(F)c(S(=O)(=O)Cl)[nH]1. The van der Waals surface area contributed by atoms with E-state index in [4.69, 9.17) is 10.7 Å². The number of H-pyrrole nitrogens is 1. The van der Waals surface area contributed by atoms with Gasteiger partial charge in [-0.15, -0.1) is 0 Å². The first-order chi connectivity index (χ1) is 5.41. The fraction of sp³-hybridized carbons (Fsp3) is 0. The largest absolute Gasteiger partial charge is 0.309 e. The third kappa shape index (κ3) is 1.83. The summed E-state index contributed by atoms with van der Waals surface area (Å²) in [6.45, 7) is 0. The molecule has 0 atom stereocenters. The smallest absolute Gasteiger partial charge is 0.279 e. The van der Waals surface area contributed by atoms with E-state index in [1.54, 1.807) is 4.98 Å². The second-order valence-corrected chi connectivity index (χ2v) is 4.44. The molecule has 66 valence electrons. The van der Waals surface area contributed by atoms with Gasteiger partial charge in [-0.2, -0.15) is 0 Å². The van der Waals surface area contributed by atoms with E-state index < -0.39 is 25.5 Å². The van der Waals surface area contributed by atoms with Crippen LogP contribution in [0.5, 0.6) is 0 Å². The predicted molar refractivity (Wildman–Crippen MR) is 40.1 cm³/mol. The normalized spacial score (nSPS) is 11.5. The van der Waals surface area contributed by atoms with Crippen LogP contribution in [0.2, 0.25) is 0 Å². The van der Waals surface area contributed by atoms with E-state index in [0.29, 0.717) is 0 Å². The van der Waals surface area contributed by atoms with Crippen LogP contribution in [-0.4, -0.2) is 13.4 Å². The average molecular weight is 212 g/mol. The van der Waals surface area contributed by atoms with Gasteiger partial charge in [0.15, 0.2) is 10.8 Å². The Morgan fingerprint density at radius 1 is 1.42 bits per heavy atom. The number of halogens is 2. The van der Waals surface area contributed by atoms with Crippen molar-refractivity contribution in [2.75, 3.05) is 0 Å². The Morgan fingerprint density at radius 3 is 2.42 bits per heavy atom. The number of nitrogens with one attached hydrogen (secondary N) is 1. The van der Waals surface area contributed by atoms with Crippen molar-refractivity contribution in [1.82, 2.24) is 4.98 Å². The Labute approximate surface area is 71.4 Å². The minimum atomic E-state index is -4.21. The first-order valence-corrected chi connectivity index (χ1v) is 5.05. The van der Waals surface area contributed by atoms with E-state index in [2.05, 4.69) is 0 Å². The first-order valence-electron chi connectivity index (χ1n) is 2.75. The lowest BCUT2D eigenvalue weighted by atomic mass is 10.5. The van der Waals surface area contributed by atoms with Crippen LogP contribution in [0, 0.1) is 5.82 Å². The Bertz CT molecular complexity index is 452. The van der Waals surface area contributed by atoms with Crippen molar-refractivity contribution in [2.24, 2.45) is 0 Å². The second-order valence-electron chi connectivity index (χ2n) is 1.94. The number of pyridine rings is 1. The summed E-state index contributed by atoms with van der Waals surface area (Å²) in [6, 6.07) is 1.59. The molecule has 1 heterocycles. The van der Waals surface area contributed by atoms with Gasteiger partial charge in [-0.25, -0.2) is 12.8 Å². The Balaban J connectivity index is 3.54. The molecule has 0 unspecified atom stereocenters. The number of hydrogen-bond acceptors (Lipinski definition) is 3. The highest BCUT2D eigenvalue weighted by molar-refractivity contribution is 8.13. The van der Waals surface area contributed by atoms with Gasteiger partial charge < -0.3 is 4.98 Å². The molecule has 0 bridgehead atoms. The standard InChI is InChI=1S/C5H3ClFNO3S/c6-12(10,11)5-3(7)1-2-4(9)8-5/h1-2H,(H,8,9). The molecule has 1 aromatic rings. The highest BCUT2D eigenvalue weighted by Gasteiger charge is 2.16. The Kier molecular flexibility index (Phi) is 2.20. The van der Waals surface area contributed by atoms with E-state index >= 15 is 0 Å². The van der Waals surface area contributed by atoms with Crippen molar-refractivity contribution in [2.45, 2.75) is 5.03 Å². The van der Waals surface area contributed by atoms with Crippen LogP contribution in [0.4, 0.5) is 4.39 Å². The summed E-state index contributed by atoms with van der Waals surface area (Å²) >= 11 is 0. The van der Waals surface area contributed by atoms with Crippen molar-refractivity contribution in [1.29, 1.82) is 0 Å². The van der Waals surface area contributed by atoms with Crippen molar-refractivity contribution in [3.05, 3.63) is 28.3 Å². The van der Waals surface area contributed by atoms with Gasteiger partial charge in [0.1, 0.15) is 0 Å². The van der Waals surface area contributed by atoms with E-state index in [1.807, 2.05) is 0 Å². The summed E-state index contributed by atoms with van der Waals surface area (Å²) in [6.07, 6.45) is 0. The molecule has 1 rings (SSSR count). The first kappa shape index (κ1) is 9.21. The minimum absolute atomic E-state index is 0.726. The monoisotopic (exact) mass is 211 g/mol. The molecule has 0 aliphatic heterocycles. The Morgan fingerprint density at radius 2 is 2.00 bits per heavy atom. The van der Waals surface area contributed by atoms with Crippen LogP contribution in [0.15, 0.2) is 22.0 Å². The summed E-state index contributed by atoms with van der Waals surface area (Å²) in [5.41, 5.74) is -0.726. The molecule has 1 N–H and O–H groups in total. The summed E-state index contributed by atoms with van der Waals surface area (Å²) in [7, 11) is 0.584. The maximum absolute atomic E-state index is 12.6. The van der Waals surface area contributed by atoms with E-state index in [0.717, 1.165) is 12.1 Å². The fourth-order valence-corrected chi connectivity index (χ4v) is 1.48. The number of aromatic amines is 1. The lowest BCUT2D eigenvalue weighted by Gasteiger charge is -1.95. The molecule has 0 aliphatic carbocycles. The van der Waals surface area contributed by atoms with Crippen molar-refractivity contribution in [3.63, 3.8) is 0 Å². The molecule has 0 amide bonds. The zero-order valence-corrected chi connectivity index (χ0v) is 7.12. The van der Waals surface area contributed by atoms with E-state index in [1.165, 1.54) is 0 Å². The highest BCUT2D eigenvalue weighted by Crippen LogP contribution is 2.13. The fourth-order valence-electron chi connectivity index (χ4n) is 0.615. The maximum atomic E-state index is 12.6. The summed E-state index contributed by atoms with van der Waals surface area (Å²) < 4.78 is 33.8. The van der Waals surface area contributed by atoms with E-state index in [-0.39, 0.29) is 0 Å². The summed E-state index contributed by atoms with van der Waals surface area (Å²) in [5.74, 6) is -1.08. The van der Waals surface area contributed by atoms with Crippen LogP contribution in [-0.2, 0) is 9.05 Å². The quantitative estimate of drug-likeness (QED) is 0.686. The van der Waals surface area contributed by atoms with Gasteiger partial charge in [-0.3, -0.25) is 4.79 Å². The van der Waals surface area contributed by atoms with Gasteiger partial charge in [0.25, 0.3) is 9.05 Å². The third-order valence-electron chi connectivity index (χ3n) is 1.08. The molecule has 0 radical (unpaired) electrons. The van der Waals surface area contributed by atoms with Crippen LogP contribution < -0.4 is 5.56 Å². The van der Waals surface area contributed by atoms with Crippen LogP contribution in [0.1, 0.15) is 0 Å². The highest BCUT2D eigenvalue weighted by atomic mass is 35.7. The molecule has 0 aromatic carbocycles. The molecule has 0 aliphatic rings. The summed E-state index contributed by atoms with van der Waals surface area (Å²) in [5, 5.41) is -0.906. The van der Waals surface area contributed by atoms with Crippen molar-refractivity contribution in [3.8, 4) is 0 Å². The zero-order valence-electron chi connectivity index (χ0n) is 5.54. The topological polar surface area (TPSA) is 67.0 Å². The van der Waals surface area contributed by atoms with E-state index in [9.17, 15) is 17.6 Å². The Hall–Kier alpha value is -0.880. The molecular weight excluding hydrogens is 209 g/mol. The number of aromatic nitrogens is 1. The molecule has 12 heavy (non-hydrogen) atoms. The minimum Gasteiger partial charge on any atom is -0.309 e. The molecule has 0 saturated heterocycles. The zero-order chi connectivity index (χ0) is 9.35. The molecule has 0 fully saturated rings.